The van der Waals surface area contributed by atoms with Crippen molar-refractivity contribution in [2.75, 3.05) is 7.11 Å². The fourth-order valence-electron chi connectivity index (χ4n) is 2.04. The van der Waals surface area contributed by atoms with E-state index in [0.717, 1.165) is 11.1 Å². The number of halogens is 2. The molecule has 0 aliphatic carbocycles. The Labute approximate surface area is 122 Å². The first kappa shape index (κ1) is 14.8. The Kier molecular flexibility index (Phi) is 4.31. The third-order valence-corrected chi connectivity index (χ3v) is 3.74. The predicted octanol–water partition coefficient (Wildman–Crippen LogP) is 4.19. The van der Waals surface area contributed by atoms with E-state index in [0.29, 0.717) is 16.3 Å². The van der Waals surface area contributed by atoms with Crippen molar-refractivity contribution in [2.45, 2.75) is 20.0 Å². The van der Waals surface area contributed by atoms with Gasteiger partial charge < -0.3 is 9.84 Å². The lowest BCUT2D eigenvalue weighted by atomic mass is 9.97. The van der Waals surface area contributed by atoms with E-state index >= 15 is 0 Å². The van der Waals surface area contributed by atoms with Gasteiger partial charge in [-0.25, -0.2) is 4.39 Å². The molecule has 0 heterocycles. The molecule has 0 radical (unpaired) electrons. The minimum atomic E-state index is -1.10. The minimum Gasteiger partial charge on any atom is -0.497 e. The van der Waals surface area contributed by atoms with E-state index in [1.165, 1.54) is 19.2 Å². The Morgan fingerprint density at radius 2 is 1.75 bits per heavy atom. The molecule has 0 spiro atoms. The second-order valence-electron chi connectivity index (χ2n) is 4.75. The molecule has 0 fully saturated rings. The first-order valence-electron chi connectivity index (χ1n) is 6.22. The smallest absolute Gasteiger partial charge is 0.133 e. The molecule has 0 aliphatic heterocycles. The zero-order valence-electron chi connectivity index (χ0n) is 11.6. The quantitative estimate of drug-likeness (QED) is 0.920. The predicted molar refractivity (Wildman–Crippen MR) is 77.9 cm³/mol. The van der Waals surface area contributed by atoms with Crippen LogP contribution in [0.25, 0.3) is 0 Å². The van der Waals surface area contributed by atoms with Crippen LogP contribution in [0.5, 0.6) is 5.75 Å². The summed E-state index contributed by atoms with van der Waals surface area (Å²) >= 11 is 6.15. The van der Waals surface area contributed by atoms with Crippen molar-refractivity contribution in [3.05, 3.63) is 63.4 Å². The van der Waals surface area contributed by atoms with Crippen molar-refractivity contribution in [3.8, 4) is 5.75 Å². The number of aliphatic hydroxyl groups is 1. The normalized spacial score (nSPS) is 12.3. The maximum Gasteiger partial charge on any atom is 0.133 e. The molecule has 1 unspecified atom stereocenters. The molecule has 1 N–H and O–H groups in total. The summed E-state index contributed by atoms with van der Waals surface area (Å²) in [6.45, 7) is 3.86. The molecule has 4 heteroatoms. The molecule has 2 rings (SSSR count). The number of hydrogen-bond acceptors (Lipinski definition) is 2. The van der Waals surface area contributed by atoms with E-state index in [1.807, 2.05) is 13.8 Å². The van der Waals surface area contributed by atoms with E-state index in [4.69, 9.17) is 16.3 Å². The summed E-state index contributed by atoms with van der Waals surface area (Å²) in [5, 5.41) is 10.8. The van der Waals surface area contributed by atoms with E-state index in [1.54, 1.807) is 18.2 Å². The van der Waals surface area contributed by atoms with Crippen LogP contribution in [0.1, 0.15) is 28.4 Å². The van der Waals surface area contributed by atoms with Gasteiger partial charge in [0.2, 0.25) is 0 Å². The number of benzene rings is 2. The van der Waals surface area contributed by atoms with E-state index < -0.39 is 11.9 Å². The molecule has 1 atom stereocenters. The van der Waals surface area contributed by atoms with Gasteiger partial charge >= 0.3 is 0 Å². The monoisotopic (exact) mass is 294 g/mol. The Morgan fingerprint density at radius 1 is 1.10 bits per heavy atom. The summed E-state index contributed by atoms with van der Waals surface area (Å²) in [5.74, 6) is -0.115. The highest BCUT2D eigenvalue weighted by atomic mass is 35.5. The van der Waals surface area contributed by atoms with Gasteiger partial charge in [-0.15, -0.1) is 0 Å². The van der Waals surface area contributed by atoms with Gasteiger partial charge in [0.1, 0.15) is 17.7 Å². The molecular formula is C16H16ClFO2. The summed E-state index contributed by atoms with van der Waals surface area (Å²) in [4.78, 5) is 0. The Balaban J connectivity index is 2.46. The average molecular weight is 295 g/mol. The molecule has 20 heavy (non-hydrogen) atoms. The highest BCUT2D eigenvalue weighted by Gasteiger charge is 2.19. The second kappa shape index (κ2) is 5.81. The number of methoxy groups -OCH3 is 1. The van der Waals surface area contributed by atoms with Gasteiger partial charge in [-0.2, -0.15) is 0 Å². The molecule has 2 aromatic carbocycles. The van der Waals surface area contributed by atoms with E-state index in [2.05, 4.69) is 0 Å². The summed E-state index contributed by atoms with van der Waals surface area (Å²) < 4.78 is 18.9. The lowest BCUT2D eigenvalue weighted by molar-refractivity contribution is 0.214. The third-order valence-electron chi connectivity index (χ3n) is 3.41. The fourth-order valence-corrected chi connectivity index (χ4v) is 2.36. The number of aryl methyl sites for hydroxylation is 2. The van der Waals surface area contributed by atoms with Gasteiger partial charge in [-0.3, -0.25) is 0 Å². The lowest BCUT2D eigenvalue weighted by Crippen LogP contribution is -2.04. The van der Waals surface area contributed by atoms with Crippen LogP contribution < -0.4 is 4.74 Å². The summed E-state index contributed by atoms with van der Waals surface area (Å²) in [5.41, 5.74) is 2.70. The van der Waals surface area contributed by atoms with E-state index in [-0.39, 0.29) is 5.56 Å². The molecule has 0 amide bonds. The summed E-state index contributed by atoms with van der Waals surface area (Å²) in [7, 11) is 1.46. The van der Waals surface area contributed by atoms with Crippen molar-refractivity contribution >= 4 is 11.6 Å². The van der Waals surface area contributed by atoms with Crippen LogP contribution in [-0.2, 0) is 0 Å². The van der Waals surface area contributed by atoms with Gasteiger partial charge in [-0.1, -0.05) is 17.7 Å². The zero-order chi connectivity index (χ0) is 14.9. The maximum absolute atomic E-state index is 14.0. The van der Waals surface area contributed by atoms with Gasteiger partial charge in [0.15, 0.2) is 0 Å². The fraction of sp³-hybridized carbons (Fsp3) is 0.250. The number of hydrogen-bond donors (Lipinski definition) is 1. The van der Waals surface area contributed by atoms with Crippen LogP contribution in [0.4, 0.5) is 4.39 Å². The SMILES string of the molecule is COc1ccc(C(O)c2cc(C)c(C)cc2Cl)c(F)c1. The van der Waals surface area contributed by atoms with Gasteiger partial charge in [0.05, 0.1) is 7.11 Å². The molecule has 2 aromatic rings. The van der Waals surface area contributed by atoms with Crippen LogP contribution in [0.15, 0.2) is 30.3 Å². The Bertz CT molecular complexity index is 641. The molecule has 2 nitrogen and oxygen atoms in total. The topological polar surface area (TPSA) is 29.5 Å². The first-order chi connectivity index (χ1) is 9.43. The number of ether oxygens (including phenoxy) is 1. The van der Waals surface area contributed by atoms with Crippen LogP contribution >= 0.6 is 11.6 Å². The average Bonchev–Trinajstić information content (AvgIpc) is 2.42. The molecule has 0 saturated heterocycles. The largest absolute Gasteiger partial charge is 0.497 e. The molecule has 0 aromatic heterocycles. The number of aliphatic hydroxyl groups excluding tert-OH is 1. The van der Waals surface area contributed by atoms with Crippen LogP contribution in [0.3, 0.4) is 0 Å². The van der Waals surface area contributed by atoms with Crippen LogP contribution in [-0.4, -0.2) is 12.2 Å². The number of rotatable bonds is 3. The Hall–Kier alpha value is -1.58. The van der Waals surface area contributed by atoms with Gasteiger partial charge in [-0.05, 0) is 43.2 Å². The second-order valence-corrected chi connectivity index (χ2v) is 5.16. The highest BCUT2D eigenvalue weighted by molar-refractivity contribution is 6.31. The summed E-state index contributed by atoms with van der Waals surface area (Å²) in [6.07, 6.45) is -1.10. The standard InChI is InChI=1S/C16H16ClFO2/c1-9-6-13(14(17)7-10(9)2)16(19)12-5-4-11(20-3)8-15(12)18/h4-8,16,19H,1-3H3. The van der Waals surface area contributed by atoms with Crippen LogP contribution in [0.2, 0.25) is 5.02 Å². The van der Waals surface area contributed by atoms with Crippen molar-refractivity contribution in [1.82, 2.24) is 0 Å². The molecule has 0 bridgehead atoms. The van der Waals surface area contributed by atoms with Crippen molar-refractivity contribution in [3.63, 3.8) is 0 Å². The summed E-state index contributed by atoms with van der Waals surface area (Å²) in [6, 6.07) is 7.91. The molecule has 0 saturated carbocycles. The van der Waals surface area contributed by atoms with Crippen molar-refractivity contribution in [2.24, 2.45) is 0 Å². The first-order valence-corrected chi connectivity index (χ1v) is 6.60. The van der Waals surface area contributed by atoms with Crippen molar-refractivity contribution < 1.29 is 14.2 Å². The highest BCUT2D eigenvalue weighted by Crippen LogP contribution is 2.32. The van der Waals surface area contributed by atoms with Crippen LogP contribution in [0, 0.1) is 19.7 Å². The molecule has 0 aliphatic rings. The van der Waals surface area contributed by atoms with Gasteiger partial charge in [0.25, 0.3) is 0 Å². The van der Waals surface area contributed by atoms with Gasteiger partial charge in [0, 0.05) is 22.2 Å². The Morgan fingerprint density at radius 3 is 2.35 bits per heavy atom. The maximum atomic E-state index is 14.0. The molecular weight excluding hydrogens is 279 g/mol. The molecule has 106 valence electrons. The lowest BCUT2D eigenvalue weighted by Gasteiger charge is -2.16. The van der Waals surface area contributed by atoms with E-state index in [9.17, 15) is 9.50 Å². The minimum absolute atomic E-state index is 0.177. The zero-order valence-corrected chi connectivity index (χ0v) is 12.3. The van der Waals surface area contributed by atoms with Crippen molar-refractivity contribution in [1.29, 1.82) is 0 Å². The third kappa shape index (κ3) is 2.79.